The van der Waals surface area contributed by atoms with E-state index in [9.17, 15) is 0 Å². The van der Waals surface area contributed by atoms with Crippen molar-refractivity contribution in [3.05, 3.63) is 0 Å². The molecule has 0 saturated carbocycles. The van der Waals surface area contributed by atoms with Crippen molar-refractivity contribution in [1.82, 2.24) is 5.32 Å². The second kappa shape index (κ2) is 9.05. The Morgan fingerprint density at radius 1 is 1.08 bits per heavy atom. The van der Waals surface area contributed by atoms with Crippen LogP contribution >= 0.6 is 0 Å². The summed E-state index contributed by atoms with van der Waals surface area (Å²) < 4.78 is 0. The molecular formula is C11H25N. The first-order chi connectivity index (χ1) is 5.81. The van der Waals surface area contributed by atoms with Gasteiger partial charge in [0.2, 0.25) is 0 Å². The minimum absolute atomic E-state index is 0.863. The van der Waals surface area contributed by atoms with E-state index in [0.29, 0.717) is 0 Å². The average molecular weight is 171 g/mol. The lowest BCUT2D eigenvalue weighted by molar-refractivity contribution is 0.460. The molecule has 1 unspecified atom stereocenters. The summed E-state index contributed by atoms with van der Waals surface area (Å²) in [5.41, 5.74) is 0. The van der Waals surface area contributed by atoms with Gasteiger partial charge in [-0.05, 0) is 25.4 Å². The first-order valence-electron chi connectivity index (χ1n) is 5.52. The second-order valence-corrected chi connectivity index (χ2v) is 3.76. The molecule has 0 aliphatic heterocycles. The highest BCUT2D eigenvalue weighted by Gasteiger charge is 1.99. The van der Waals surface area contributed by atoms with Gasteiger partial charge in [0.1, 0.15) is 0 Å². The van der Waals surface area contributed by atoms with Crippen LogP contribution in [0.15, 0.2) is 0 Å². The molecule has 0 saturated heterocycles. The Hall–Kier alpha value is -0.0400. The SMILES string of the molecule is CCCCCCC(C)CNCC. The maximum atomic E-state index is 3.39. The van der Waals surface area contributed by atoms with Gasteiger partial charge in [0.05, 0.1) is 0 Å². The number of unbranched alkanes of at least 4 members (excludes halogenated alkanes) is 3. The fraction of sp³-hybridized carbons (Fsp3) is 1.00. The quantitative estimate of drug-likeness (QED) is 0.553. The van der Waals surface area contributed by atoms with Crippen molar-refractivity contribution in [3.8, 4) is 0 Å². The van der Waals surface area contributed by atoms with Gasteiger partial charge in [-0.2, -0.15) is 0 Å². The van der Waals surface area contributed by atoms with Gasteiger partial charge in [0.25, 0.3) is 0 Å². The fourth-order valence-electron chi connectivity index (χ4n) is 1.41. The molecule has 0 fully saturated rings. The van der Waals surface area contributed by atoms with Crippen molar-refractivity contribution >= 4 is 0 Å². The zero-order valence-electron chi connectivity index (χ0n) is 9.03. The van der Waals surface area contributed by atoms with E-state index in [2.05, 4.69) is 26.1 Å². The lowest BCUT2D eigenvalue weighted by atomic mass is 10.0. The molecule has 0 aromatic rings. The number of nitrogens with one attached hydrogen (secondary N) is 1. The van der Waals surface area contributed by atoms with Gasteiger partial charge in [0, 0.05) is 0 Å². The molecule has 1 nitrogen and oxygen atoms in total. The minimum atomic E-state index is 0.863. The van der Waals surface area contributed by atoms with Gasteiger partial charge in [-0.15, -0.1) is 0 Å². The van der Waals surface area contributed by atoms with Gasteiger partial charge in [-0.25, -0.2) is 0 Å². The highest BCUT2D eigenvalue weighted by atomic mass is 14.8. The summed E-state index contributed by atoms with van der Waals surface area (Å²) in [7, 11) is 0. The Bertz CT molecular complexity index is 81.1. The minimum Gasteiger partial charge on any atom is -0.317 e. The average Bonchev–Trinajstić information content (AvgIpc) is 2.09. The van der Waals surface area contributed by atoms with Gasteiger partial charge in [-0.3, -0.25) is 0 Å². The molecule has 0 bridgehead atoms. The van der Waals surface area contributed by atoms with Crippen LogP contribution in [0, 0.1) is 5.92 Å². The molecular weight excluding hydrogens is 146 g/mol. The monoisotopic (exact) mass is 171 g/mol. The van der Waals surface area contributed by atoms with Gasteiger partial charge < -0.3 is 5.32 Å². The summed E-state index contributed by atoms with van der Waals surface area (Å²) in [6.07, 6.45) is 7.00. The van der Waals surface area contributed by atoms with Crippen LogP contribution in [0.25, 0.3) is 0 Å². The fourth-order valence-corrected chi connectivity index (χ4v) is 1.41. The van der Waals surface area contributed by atoms with Crippen LogP contribution < -0.4 is 5.32 Å². The van der Waals surface area contributed by atoms with E-state index in [1.54, 1.807) is 0 Å². The van der Waals surface area contributed by atoms with E-state index in [1.807, 2.05) is 0 Å². The summed E-state index contributed by atoms with van der Waals surface area (Å²) in [4.78, 5) is 0. The Labute approximate surface area is 77.9 Å². The third-order valence-corrected chi connectivity index (χ3v) is 2.29. The molecule has 0 aliphatic carbocycles. The Morgan fingerprint density at radius 2 is 1.83 bits per heavy atom. The number of rotatable bonds is 8. The standard InChI is InChI=1S/C11H25N/c1-4-6-7-8-9-11(3)10-12-5-2/h11-12H,4-10H2,1-3H3. The zero-order chi connectivity index (χ0) is 9.23. The maximum Gasteiger partial charge on any atom is -0.00233 e. The Morgan fingerprint density at radius 3 is 2.42 bits per heavy atom. The lowest BCUT2D eigenvalue weighted by Crippen LogP contribution is -2.20. The summed E-state index contributed by atoms with van der Waals surface area (Å²) in [5.74, 6) is 0.863. The Balaban J connectivity index is 3.02. The number of hydrogen-bond acceptors (Lipinski definition) is 1. The first kappa shape index (κ1) is 12.0. The molecule has 0 rings (SSSR count). The molecule has 1 N–H and O–H groups in total. The summed E-state index contributed by atoms with van der Waals surface area (Å²) in [5, 5.41) is 3.39. The summed E-state index contributed by atoms with van der Waals surface area (Å²) in [6.45, 7) is 9.09. The van der Waals surface area contributed by atoms with Gasteiger partial charge in [-0.1, -0.05) is 46.5 Å². The largest absolute Gasteiger partial charge is 0.317 e. The highest BCUT2D eigenvalue weighted by Crippen LogP contribution is 2.09. The van der Waals surface area contributed by atoms with Crippen LogP contribution in [0.2, 0.25) is 0 Å². The summed E-state index contributed by atoms with van der Waals surface area (Å²) in [6, 6.07) is 0. The van der Waals surface area contributed by atoms with E-state index in [0.717, 1.165) is 12.5 Å². The maximum absolute atomic E-state index is 3.39. The van der Waals surface area contributed by atoms with Crippen molar-refractivity contribution in [3.63, 3.8) is 0 Å². The van der Waals surface area contributed by atoms with Crippen LogP contribution in [0.5, 0.6) is 0 Å². The normalized spacial score (nSPS) is 13.2. The predicted molar refractivity (Wildman–Crippen MR) is 56.5 cm³/mol. The molecule has 0 aromatic carbocycles. The van der Waals surface area contributed by atoms with Crippen LogP contribution in [-0.4, -0.2) is 13.1 Å². The topological polar surface area (TPSA) is 12.0 Å². The van der Waals surface area contributed by atoms with Crippen molar-refractivity contribution in [2.45, 2.75) is 52.9 Å². The zero-order valence-corrected chi connectivity index (χ0v) is 9.03. The Kier molecular flexibility index (Phi) is 9.02. The van der Waals surface area contributed by atoms with Crippen LogP contribution in [0.1, 0.15) is 52.9 Å². The molecule has 0 radical (unpaired) electrons. The van der Waals surface area contributed by atoms with E-state index in [4.69, 9.17) is 0 Å². The highest BCUT2D eigenvalue weighted by molar-refractivity contribution is 4.56. The first-order valence-corrected chi connectivity index (χ1v) is 5.52. The van der Waals surface area contributed by atoms with E-state index < -0.39 is 0 Å². The smallest absolute Gasteiger partial charge is 0.00233 e. The van der Waals surface area contributed by atoms with Crippen LogP contribution in [0.4, 0.5) is 0 Å². The van der Waals surface area contributed by atoms with Gasteiger partial charge >= 0.3 is 0 Å². The molecule has 12 heavy (non-hydrogen) atoms. The van der Waals surface area contributed by atoms with Crippen molar-refractivity contribution < 1.29 is 0 Å². The van der Waals surface area contributed by atoms with E-state index in [1.165, 1.54) is 38.6 Å². The molecule has 1 heteroatoms. The third kappa shape index (κ3) is 8.06. The van der Waals surface area contributed by atoms with Crippen LogP contribution in [-0.2, 0) is 0 Å². The van der Waals surface area contributed by atoms with E-state index in [-0.39, 0.29) is 0 Å². The van der Waals surface area contributed by atoms with Crippen molar-refractivity contribution in [2.75, 3.05) is 13.1 Å². The lowest BCUT2D eigenvalue weighted by Gasteiger charge is -2.10. The van der Waals surface area contributed by atoms with E-state index >= 15 is 0 Å². The molecule has 0 amide bonds. The van der Waals surface area contributed by atoms with Crippen molar-refractivity contribution in [1.29, 1.82) is 0 Å². The third-order valence-electron chi connectivity index (χ3n) is 2.29. The molecule has 0 spiro atoms. The predicted octanol–water partition coefficient (Wildman–Crippen LogP) is 3.20. The molecule has 0 heterocycles. The molecule has 0 aromatic heterocycles. The molecule has 74 valence electrons. The van der Waals surface area contributed by atoms with Crippen molar-refractivity contribution in [2.24, 2.45) is 5.92 Å². The van der Waals surface area contributed by atoms with Crippen LogP contribution in [0.3, 0.4) is 0 Å². The van der Waals surface area contributed by atoms with Gasteiger partial charge in [0.15, 0.2) is 0 Å². The summed E-state index contributed by atoms with van der Waals surface area (Å²) >= 11 is 0. The molecule has 0 aliphatic rings. The second-order valence-electron chi connectivity index (χ2n) is 3.76. The molecule has 1 atom stereocenters. The number of hydrogen-bond donors (Lipinski definition) is 1.